The van der Waals surface area contributed by atoms with Crippen LogP contribution >= 0.6 is 0 Å². The van der Waals surface area contributed by atoms with Crippen molar-refractivity contribution < 1.29 is 12.8 Å². The first-order valence-corrected chi connectivity index (χ1v) is 8.88. The number of sulfonamides is 1. The zero-order chi connectivity index (χ0) is 17.9. The molecule has 9 heteroatoms. The smallest absolute Gasteiger partial charge is 0.241 e. The van der Waals surface area contributed by atoms with Gasteiger partial charge in [0.05, 0.1) is 12.0 Å². The van der Waals surface area contributed by atoms with Crippen LogP contribution in [-0.2, 0) is 16.6 Å². The Morgan fingerprint density at radius 1 is 1.24 bits per heavy atom. The number of benzene rings is 1. The molecule has 1 aromatic carbocycles. The van der Waals surface area contributed by atoms with E-state index >= 15 is 0 Å². The van der Waals surface area contributed by atoms with Gasteiger partial charge in [-0.3, -0.25) is 0 Å². The second-order valence-electron chi connectivity index (χ2n) is 5.20. The maximum absolute atomic E-state index is 14.2. The van der Waals surface area contributed by atoms with Gasteiger partial charge in [-0.2, -0.15) is 0 Å². The van der Waals surface area contributed by atoms with Gasteiger partial charge in [0.25, 0.3) is 0 Å². The van der Waals surface area contributed by atoms with E-state index < -0.39 is 10.0 Å². The third-order valence-corrected chi connectivity index (χ3v) is 4.98. The number of hydrogen-bond acceptors (Lipinski definition) is 5. The van der Waals surface area contributed by atoms with Crippen LogP contribution in [0.1, 0.15) is 5.56 Å². The van der Waals surface area contributed by atoms with Crippen LogP contribution in [0.3, 0.4) is 0 Å². The molecule has 0 unspecified atom stereocenters. The van der Waals surface area contributed by atoms with Crippen LogP contribution in [0.4, 0.5) is 10.2 Å². The van der Waals surface area contributed by atoms with Crippen LogP contribution in [0, 0.1) is 5.82 Å². The maximum atomic E-state index is 14.2. The summed E-state index contributed by atoms with van der Waals surface area (Å²) in [6.07, 6.45) is 6.04. The molecule has 0 aliphatic heterocycles. The summed E-state index contributed by atoms with van der Waals surface area (Å²) in [5.41, 5.74) is 1.15. The summed E-state index contributed by atoms with van der Waals surface area (Å²) in [7, 11) is -2.17. The number of imidazole rings is 1. The first-order valence-electron chi connectivity index (χ1n) is 7.40. The van der Waals surface area contributed by atoms with Crippen molar-refractivity contribution in [3.8, 4) is 5.69 Å². The molecule has 3 aromatic rings. The molecule has 0 atom stereocenters. The highest BCUT2D eigenvalue weighted by Crippen LogP contribution is 2.16. The van der Waals surface area contributed by atoms with Crippen molar-refractivity contribution in [1.82, 2.24) is 19.3 Å². The first-order chi connectivity index (χ1) is 12.0. The Kier molecular flexibility index (Phi) is 4.77. The molecule has 0 amide bonds. The number of pyridine rings is 1. The van der Waals surface area contributed by atoms with E-state index in [2.05, 4.69) is 20.0 Å². The third kappa shape index (κ3) is 3.83. The highest BCUT2D eigenvalue weighted by Gasteiger charge is 2.11. The average Bonchev–Trinajstić information content (AvgIpc) is 3.15. The van der Waals surface area contributed by atoms with E-state index in [-0.39, 0.29) is 10.7 Å². The Labute approximate surface area is 144 Å². The van der Waals surface area contributed by atoms with Crippen molar-refractivity contribution in [1.29, 1.82) is 0 Å². The lowest BCUT2D eigenvalue weighted by Gasteiger charge is -2.09. The standard InChI is InChI=1S/C16H16FN5O2S/c1-18-25(23,24)13-3-5-16(21-10-13)20-9-12-2-4-15(14(17)8-12)22-7-6-19-11-22/h2-8,10-11,18H,9H2,1H3,(H,20,21). The molecule has 0 spiro atoms. The van der Waals surface area contributed by atoms with E-state index in [1.165, 1.54) is 31.7 Å². The van der Waals surface area contributed by atoms with Crippen LogP contribution in [0.15, 0.2) is 60.1 Å². The lowest BCUT2D eigenvalue weighted by Crippen LogP contribution is -2.18. The number of anilines is 1. The highest BCUT2D eigenvalue weighted by molar-refractivity contribution is 7.89. The molecule has 7 nitrogen and oxygen atoms in total. The van der Waals surface area contributed by atoms with E-state index in [1.807, 2.05) is 0 Å². The molecular formula is C16H16FN5O2S. The lowest BCUT2D eigenvalue weighted by molar-refractivity contribution is 0.588. The number of hydrogen-bond donors (Lipinski definition) is 2. The van der Waals surface area contributed by atoms with E-state index in [0.29, 0.717) is 18.1 Å². The zero-order valence-corrected chi connectivity index (χ0v) is 14.2. The van der Waals surface area contributed by atoms with Crippen LogP contribution in [0.2, 0.25) is 0 Å². The predicted molar refractivity (Wildman–Crippen MR) is 91.3 cm³/mol. The average molecular weight is 361 g/mol. The third-order valence-electron chi connectivity index (χ3n) is 3.58. The normalized spacial score (nSPS) is 11.4. The predicted octanol–water partition coefficient (Wildman–Crippen LogP) is 1.93. The minimum Gasteiger partial charge on any atom is -0.366 e. The van der Waals surface area contributed by atoms with Gasteiger partial charge in [-0.25, -0.2) is 27.5 Å². The van der Waals surface area contributed by atoms with Gasteiger partial charge in [0.2, 0.25) is 10.0 Å². The fourth-order valence-corrected chi connectivity index (χ4v) is 2.90. The summed E-state index contributed by atoms with van der Waals surface area (Å²) >= 11 is 0. The second kappa shape index (κ2) is 6.99. The quantitative estimate of drug-likeness (QED) is 0.700. The summed E-state index contributed by atoms with van der Waals surface area (Å²) in [4.78, 5) is 8.03. The summed E-state index contributed by atoms with van der Waals surface area (Å²) in [6.45, 7) is 0.353. The molecule has 0 bridgehead atoms. The molecule has 2 aromatic heterocycles. The van der Waals surface area contributed by atoms with Crippen molar-refractivity contribution in [2.24, 2.45) is 0 Å². The molecule has 0 fully saturated rings. The Hall–Kier alpha value is -2.78. The number of rotatable bonds is 6. The molecule has 2 heterocycles. The number of nitrogens with one attached hydrogen (secondary N) is 2. The van der Waals surface area contributed by atoms with Crippen molar-refractivity contribution in [2.75, 3.05) is 12.4 Å². The Morgan fingerprint density at radius 2 is 2.08 bits per heavy atom. The van der Waals surface area contributed by atoms with Gasteiger partial charge >= 0.3 is 0 Å². The fraction of sp³-hybridized carbons (Fsp3) is 0.125. The topological polar surface area (TPSA) is 88.9 Å². The monoisotopic (exact) mass is 361 g/mol. The number of halogens is 1. The van der Waals surface area contributed by atoms with Gasteiger partial charge in [-0.15, -0.1) is 0 Å². The summed E-state index contributed by atoms with van der Waals surface area (Å²) in [6, 6.07) is 7.90. The van der Waals surface area contributed by atoms with Crippen molar-refractivity contribution >= 4 is 15.8 Å². The fourth-order valence-electron chi connectivity index (χ4n) is 2.23. The summed E-state index contributed by atoms with van der Waals surface area (Å²) in [5, 5.41) is 3.03. The molecule has 0 aliphatic rings. The Bertz CT molecular complexity index is 957. The SMILES string of the molecule is CNS(=O)(=O)c1ccc(NCc2ccc(-n3ccnc3)c(F)c2)nc1. The van der Waals surface area contributed by atoms with Gasteiger partial charge in [-0.05, 0) is 36.9 Å². The van der Waals surface area contributed by atoms with Crippen LogP contribution < -0.4 is 10.0 Å². The van der Waals surface area contributed by atoms with Gasteiger partial charge in [-0.1, -0.05) is 6.07 Å². The highest BCUT2D eigenvalue weighted by atomic mass is 32.2. The Morgan fingerprint density at radius 3 is 2.68 bits per heavy atom. The van der Waals surface area contributed by atoms with Gasteiger partial charge in [0.1, 0.15) is 16.5 Å². The van der Waals surface area contributed by atoms with E-state index in [0.717, 1.165) is 5.56 Å². The minimum absolute atomic E-state index is 0.0799. The molecule has 2 N–H and O–H groups in total. The molecule has 25 heavy (non-hydrogen) atoms. The maximum Gasteiger partial charge on any atom is 0.241 e. The molecule has 0 aliphatic carbocycles. The largest absolute Gasteiger partial charge is 0.366 e. The first kappa shape index (κ1) is 17.1. The molecule has 3 rings (SSSR count). The van der Waals surface area contributed by atoms with E-state index in [1.54, 1.807) is 35.2 Å². The number of aromatic nitrogens is 3. The van der Waals surface area contributed by atoms with Gasteiger partial charge < -0.3 is 9.88 Å². The summed E-state index contributed by atoms with van der Waals surface area (Å²) < 4.78 is 41.3. The Balaban J connectivity index is 1.69. The molecular weight excluding hydrogens is 345 g/mol. The molecule has 0 radical (unpaired) electrons. The van der Waals surface area contributed by atoms with E-state index in [4.69, 9.17) is 0 Å². The molecule has 130 valence electrons. The van der Waals surface area contributed by atoms with Crippen molar-refractivity contribution in [3.63, 3.8) is 0 Å². The van der Waals surface area contributed by atoms with E-state index in [9.17, 15) is 12.8 Å². The summed E-state index contributed by atoms with van der Waals surface area (Å²) in [5.74, 6) is 0.134. The van der Waals surface area contributed by atoms with Gasteiger partial charge in [0.15, 0.2) is 0 Å². The van der Waals surface area contributed by atoms with Crippen LogP contribution in [-0.4, -0.2) is 30.0 Å². The second-order valence-corrected chi connectivity index (χ2v) is 7.08. The minimum atomic E-state index is -3.51. The van der Waals surface area contributed by atoms with Crippen LogP contribution in [0.5, 0.6) is 0 Å². The van der Waals surface area contributed by atoms with Crippen molar-refractivity contribution in [3.05, 3.63) is 66.6 Å². The van der Waals surface area contributed by atoms with Crippen molar-refractivity contribution in [2.45, 2.75) is 11.4 Å². The van der Waals surface area contributed by atoms with Crippen LogP contribution in [0.25, 0.3) is 5.69 Å². The molecule has 0 saturated carbocycles. The number of nitrogens with zero attached hydrogens (tertiary/aromatic N) is 3. The molecule has 0 saturated heterocycles. The van der Waals surface area contributed by atoms with Gasteiger partial charge in [0, 0.05) is 25.1 Å². The lowest BCUT2D eigenvalue weighted by atomic mass is 10.2. The zero-order valence-electron chi connectivity index (χ0n) is 13.3.